The zero-order valence-electron chi connectivity index (χ0n) is 11.5. The highest BCUT2D eigenvalue weighted by Crippen LogP contribution is 2.25. The summed E-state index contributed by atoms with van der Waals surface area (Å²) < 4.78 is 0. The van der Waals surface area contributed by atoms with Crippen molar-refractivity contribution in [3.8, 4) is 0 Å². The van der Waals surface area contributed by atoms with Crippen molar-refractivity contribution in [2.75, 3.05) is 0 Å². The van der Waals surface area contributed by atoms with Crippen LogP contribution in [0, 0.1) is 0 Å². The maximum Gasteiger partial charge on any atom is 0.0995 e. The molecule has 2 rings (SSSR count). The second kappa shape index (κ2) is 7.52. The Morgan fingerprint density at radius 3 is 1.89 bits per heavy atom. The van der Waals surface area contributed by atoms with Gasteiger partial charge >= 0.3 is 0 Å². The molecule has 0 saturated carbocycles. The number of hydrogen-bond donors (Lipinski definition) is 0. The second-order valence-electron chi connectivity index (χ2n) is 4.70. The highest BCUT2D eigenvalue weighted by molar-refractivity contribution is 5.58. The van der Waals surface area contributed by atoms with Crippen molar-refractivity contribution in [1.82, 2.24) is 0 Å². The molecule has 2 aromatic rings. The normalized spacial score (nSPS) is 11.3. The number of benzene rings is 2. The van der Waals surface area contributed by atoms with E-state index in [1.807, 2.05) is 12.1 Å². The predicted molar refractivity (Wildman–Crippen MR) is 82.7 cm³/mol. The number of unbranched alkanes of at least 4 members (excludes halogenated alkanes) is 2. The Hall–Kier alpha value is -1.89. The van der Waals surface area contributed by atoms with Gasteiger partial charge in [-0.3, -0.25) is 4.99 Å². The Kier molecular flexibility index (Phi) is 5.36. The third-order valence-electron chi connectivity index (χ3n) is 3.17. The fourth-order valence-corrected chi connectivity index (χ4v) is 2.11. The monoisotopic (exact) mass is 251 g/mol. The number of nitrogens with zero attached hydrogens (tertiary/aromatic N) is 1. The van der Waals surface area contributed by atoms with Crippen LogP contribution < -0.4 is 0 Å². The second-order valence-corrected chi connectivity index (χ2v) is 4.70. The molecule has 98 valence electrons. The Bertz CT molecular complexity index is 448. The van der Waals surface area contributed by atoms with E-state index in [1.165, 1.54) is 24.0 Å². The third kappa shape index (κ3) is 4.06. The molecule has 0 atom stereocenters. The highest BCUT2D eigenvalue weighted by Gasteiger charge is 2.10. The number of hydrogen-bond acceptors (Lipinski definition) is 1. The molecule has 0 fully saturated rings. The first kappa shape index (κ1) is 13.5. The lowest BCUT2D eigenvalue weighted by Gasteiger charge is -2.13. The molecule has 1 heteroatoms. The van der Waals surface area contributed by atoms with Gasteiger partial charge in [-0.25, -0.2) is 0 Å². The smallest absolute Gasteiger partial charge is 0.0995 e. The van der Waals surface area contributed by atoms with Crippen LogP contribution in [0.2, 0.25) is 0 Å². The number of aliphatic imine (C=N–C) groups is 1. The summed E-state index contributed by atoms with van der Waals surface area (Å²) in [5.74, 6) is 0. The predicted octanol–water partition coefficient (Wildman–Crippen LogP) is 5.04. The first-order valence-corrected chi connectivity index (χ1v) is 7.03. The van der Waals surface area contributed by atoms with Gasteiger partial charge < -0.3 is 0 Å². The Morgan fingerprint density at radius 2 is 1.42 bits per heavy atom. The molecule has 0 aromatic heterocycles. The molecule has 0 N–H and O–H groups in total. The molecule has 0 aliphatic rings. The summed E-state index contributed by atoms with van der Waals surface area (Å²) in [4.78, 5) is 4.78. The van der Waals surface area contributed by atoms with Crippen molar-refractivity contribution in [2.45, 2.75) is 32.2 Å². The molecule has 0 heterocycles. The first-order chi connectivity index (χ1) is 9.42. The van der Waals surface area contributed by atoms with Crippen LogP contribution in [0.5, 0.6) is 0 Å². The van der Waals surface area contributed by atoms with Crippen LogP contribution in [-0.2, 0) is 0 Å². The standard InChI is InChI=1S/C18H21N/c1-2-3-10-15-19-18(16-11-6-4-7-12-16)17-13-8-5-9-14-17/h4-9,11-15,18H,2-3,10H2,1H3/b19-15+. The van der Waals surface area contributed by atoms with Crippen molar-refractivity contribution in [1.29, 1.82) is 0 Å². The Labute approximate surface area is 116 Å². The van der Waals surface area contributed by atoms with E-state index >= 15 is 0 Å². The molecule has 0 radical (unpaired) electrons. The summed E-state index contributed by atoms with van der Waals surface area (Å²) in [5, 5.41) is 0. The van der Waals surface area contributed by atoms with Crippen LogP contribution in [0.4, 0.5) is 0 Å². The Morgan fingerprint density at radius 1 is 0.895 bits per heavy atom. The van der Waals surface area contributed by atoms with Crippen molar-refractivity contribution in [3.05, 3.63) is 71.8 Å². The fraction of sp³-hybridized carbons (Fsp3) is 0.278. The maximum absolute atomic E-state index is 4.78. The van der Waals surface area contributed by atoms with E-state index in [0.717, 1.165) is 6.42 Å². The Balaban J connectivity index is 2.22. The molecular formula is C18H21N. The van der Waals surface area contributed by atoms with Gasteiger partial charge in [0.15, 0.2) is 0 Å². The maximum atomic E-state index is 4.78. The summed E-state index contributed by atoms with van der Waals surface area (Å²) in [6, 6.07) is 21.1. The first-order valence-electron chi connectivity index (χ1n) is 7.03. The minimum atomic E-state index is 0.124. The molecule has 0 bridgehead atoms. The summed E-state index contributed by atoms with van der Waals surface area (Å²) in [7, 11) is 0. The largest absolute Gasteiger partial charge is 0.285 e. The summed E-state index contributed by atoms with van der Waals surface area (Å²) in [6.07, 6.45) is 5.56. The van der Waals surface area contributed by atoms with Gasteiger partial charge in [-0.1, -0.05) is 74.0 Å². The van der Waals surface area contributed by atoms with Crippen molar-refractivity contribution < 1.29 is 0 Å². The average molecular weight is 251 g/mol. The van der Waals surface area contributed by atoms with Crippen molar-refractivity contribution in [2.24, 2.45) is 4.99 Å². The zero-order valence-corrected chi connectivity index (χ0v) is 11.5. The van der Waals surface area contributed by atoms with Crippen LogP contribution in [0.15, 0.2) is 65.7 Å². The molecule has 0 saturated heterocycles. The van der Waals surface area contributed by atoms with Gasteiger partial charge in [-0.2, -0.15) is 0 Å². The number of rotatable bonds is 6. The van der Waals surface area contributed by atoms with E-state index in [4.69, 9.17) is 4.99 Å². The van der Waals surface area contributed by atoms with Gasteiger partial charge in [0.2, 0.25) is 0 Å². The highest BCUT2D eigenvalue weighted by atomic mass is 14.8. The van der Waals surface area contributed by atoms with Gasteiger partial charge in [0.1, 0.15) is 0 Å². The summed E-state index contributed by atoms with van der Waals surface area (Å²) >= 11 is 0. The van der Waals surface area contributed by atoms with Crippen LogP contribution in [0.1, 0.15) is 43.4 Å². The van der Waals surface area contributed by atoms with E-state index in [9.17, 15) is 0 Å². The van der Waals surface area contributed by atoms with Gasteiger partial charge in [-0.05, 0) is 30.2 Å². The molecule has 0 aliphatic carbocycles. The molecule has 1 nitrogen and oxygen atoms in total. The van der Waals surface area contributed by atoms with Gasteiger partial charge in [0, 0.05) is 0 Å². The third-order valence-corrected chi connectivity index (χ3v) is 3.17. The van der Waals surface area contributed by atoms with Crippen LogP contribution in [0.3, 0.4) is 0 Å². The van der Waals surface area contributed by atoms with E-state index in [-0.39, 0.29) is 6.04 Å². The topological polar surface area (TPSA) is 12.4 Å². The lowest BCUT2D eigenvalue weighted by molar-refractivity contribution is 0.824. The van der Waals surface area contributed by atoms with E-state index < -0.39 is 0 Å². The molecule has 0 spiro atoms. The fourth-order valence-electron chi connectivity index (χ4n) is 2.11. The van der Waals surface area contributed by atoms with E-state index in [1.54, 1.807) is 0 Å². The zero-order chi connectivity index (χ0) is 13.3. The van der Waals surface area contributed by atoms with Gasteiger partial charge in [-0.15, -0.1) is 0 Å². The van der Waals surface area contributed by atoms with Crippen molar-refractivity contribution in [3.63, 3.8) is 0 Å². The molecule has 19 heavy (non-hydrogen) atoms. The van der Waals surface area contributed by atoms with Crippen LogP contribution in [-0.4, -0.2) is 6.21 Å². The molecule has 0 amide bonds. The van der Waals surface area contributed by atoms with E-state index in [0.29, 0.717) is 0 Å². The van der Waals surface area contributed by atoms with Crippen molar-refractivity contribution >= 4 is 6.21 Å². The minimum absolute atomic E-state index is 0.124. The lowest BCUT2D eigenvalue weighted by atomic mass is 9.99. The summed E-state index contributed by atoms with van der Waals surface area (Å²) in [5.41, 5.74) is 2.50. The van der Waals surface area contributed by atoms with Gasteiger partial charge in [0.05, 0.1) is 6.04 Å². The van der Waals surface area contributed by atoms with Crippen LogP contribution in [0.25, 0.3) is 0 Å². The molecular weight excluding hydrogens is 230 g/mol. The molecule has 0 unspecified atom stereocenters. The SMILES string of the molecule is CCCC/C=N/C(c1ccccc1)c1ccccc1. The molecule has 2 aromatic carbocycles. The lowest BCUT2D eigenvalue weighted by Crippen LogP contribution is -1.98. The molecule has 0 aliphatic heterocycles. The minimum Gasteiger partial charge on any atom is -0.285 e. The van der Waals surface area contributed by atoms with Gasteiger partial charge in [0.25, 0.3) is 0 Å². The average Bonchev–Trinajstić information content (AvgIpc) is 2.49. The summed E-state index contributed by atoms with van der Waals surface area (Å²) in [6.45, 7) is 2.21. The quantitative estimate of drug-likeness (QED) is 0.504. The van der Waals surface area contributed by atoms with Crippen LogP contribution >= 0.6 is 0 Å². The van der Waals surface area contributed by atoms with E-state index in [2.05, 4.69) is 61.7 Å².